The zero-order chi connectivity index (χ0) is 17.7. The number of rotatable bonds is 7. The predicted octanol–water partition coefficient (Wildman–Crippen LogP) is 3.86. The number of hydrogen-bond acceptors (Lipinski definition) is 3. The first-order chi connectivity index (χ1) is 11.4. The standard InChI is InChI=1S/C16H14ClF2INO3.Y/c1-23-6-7-24-10-2-3-11(12(17)8-10)14-5-4-13(20)16(22)21(14)9-15(18)19;/h2-4,8,15H,6-7,9H2,1H3;/q-1;. The van der Waals surface area contributed by atoms with E-state index in [2.05, 4.69) is 6.07 Å². The SMILES string of the molecule is COCCOc1ccc(-c2[c-]cc(I)c(=O)n2CC(F)F)c(Cl)c1.[Y]. The number of benzene rings is 1. The maximum Gasteiger partial charge on any atom is 0.256 e. The van der Waals surface area contributed by atoms with Crippen molar-refractivity contribution in [1.29, 1.82) is 0 Å². The second-order valence-corrected chi connectivity index (χ2v) is 6.34. The Labute approximate surface area is 187 Å². The summed E-state index contributed by atoms with van der Waals surface area (Å²) in [5, 5.41) is 0.282. The molecule has 0 fully saturated rings. The zero-order valence-corrected chi connectivity index (χ0v) is 19.0. The van der Waals surface area contributed by atoms with Crippen LogP contribution in [0.1, 0.15) is 0 Å². The molecular weight excluding hydrogens is 543 g/mol. The van der Waals surface area contributed by atoms with Crippen molar-refractivity contribution in [2.75, 3.05) is 20.3 Å². The summed E-state index contributed by atoms with van der Waals surface area (Å²) < 4.78 is 37.3. The van der Waals surface area contributed by atoms with Crippen molar-refractivity contribution in [2.24, 2.45) is 0 Å². The molecule has 0 saturated heterocycles. The van der Waals surface area contributed by atoms with Gasteiger partial charge in [-0.05, 0) is 20.7 Å². The monoisotopic (exact) mass is 557 g/mol. The molecular formula is C16H14ClF2INO3Y-. The molecule has 2 aromatic rings. The molecule has 0 saturated carbocycles. The summed E-state index contributed by atoms with van der Waals surface area (Å²) >= 11 is 8.03. The quantitative estimate of drug-likeness (QED) is 0.295. The van der Waals surface area contributed by atoms with Crippen LogP contribution in [0.5, 0.6) is 5.75 Å². The van der Waals surface area contributed by atoms with Gasteiger partial charge in [0.25, 0.3) is 6.43 Å². The fourth-order valence-corrected chi connectivity index (χ4v) is 2.76. The van der Waals surface area contributed by atoms with Crippen molar-refractivity contribution < 1.29 is 51.0 Å². The van der Waals surface area contributed by atoms with E-state index >= 15 is 0 Å². The van der Waals surface area contributed by atoms with Crippen LogP contribution in [0, 0.1) is 9.64 Å². The smallest absolute Gasteiger partial charge is 0.256 e. The van der Waals surface area contributed by atoms with E-state index in [4.69, 9.17) is 21.1 Å². The minimum atomic E-state index is -2.66. The second-order valence-electron chi connectivity index (χ2n) is 4.77. The van der Waals surface area contributed by atoms with E-state index in [1.54, 1.807) is 47.9 Å². The van der Waals surface area contributed by atoms with Gasteiger partial charge in [0.1, 0.15) is 12.4 Å². The Balaban J connectivity index is 0.00000312. The summed E-state index contributed by atoms with van der Waals surface area (Å²) in [6.45, 7) is 0.0695. The normalized spacial score (nSPS) is 10.6. The minimum Gasteiger partial charge on any atom is -0.491 e. The van der Waals surface area contributed by atoms with Gasteiger partial charge in [-0.2, -0.15) is 12.1 Å². The number of methoxy groups -OCH3 is 1. The Kier molecular flexibility index (Phi) is 10.0. The van der Waals surface area contributed by atoms with Gasteiger partial charge >= 0.3 is 0 Å². The molecule has 0 atom stereocenters. The van der Waals surface area contributed by atoms with Crippen LogP contribution in [0.4, 0.5) is 8.78 Å². The fraction of sp³-hybridized carbons (Fsp3) is 0.312. The van der Waals surface area contributed by atoms with E-state index in [0.717, 1.165) is 4.57 Å². The molecule has 0 amide bonds. The van der Waals surface area contributed by atoms with Crippen LogP contribution in [-0.2, 0) is 44.0 Å². The van der Waals surface area contributed by atoms with E-state index in [1.807, 2.05) is 0 Å². The van der Waals surface area contributed by atoms with Gasteiger partial charge < -0.3 is 14.0 Å². The van der Waals surface area contributed by atoms with E-state index < -0.39 is 18.5 Å². The molecule has 0 N–H and O–H groups in total. The molecule has 0 aliphatic rings. The number of alkyl halides is 2. The molecule has 0 aliphatic carbocycles. The number of aromatic nitrogens is 1. The number of halogens is 4. The molecule has 133 valence electrons. The van der Waals surface area contributed by atoms with Gasteiger partial charge in [-0.3, -0.25) is 4.79 Å². The van der Waals surface area contributed by atoms with Crippen LogP contribution in [-0.4, -0.2) is 31.3 Å². The van der Waals surface area contributed by atoms with Gasteiger partial charge in [0.2, 0.25) is 5.56 Å². The van der Waals surface area contributed by atoms with Gasteiger partial charge in [-0.15, -0.1) is 28.7 Å². The van der Waals surface area contributed by atoms with Crippen molar-refractivity contribution in [3.8, 4) is 17.0 Å². The average molecular weight is 558 g/mol. The summed E-state index contributed by atoms with van der Waals surface area (Å²) in [5.41, 5.74) is 0.153. The Morgan fingerprint density at radius 1 is 1.36 bits per heavy atom. The van der Waals surface area contributed by atoms with Crippen molar-refractivity contribution in [2.45, 2.75) is 13.0 Å². The average Bonchev–Trinajstić information content (AvgIpc) is 2.53. The van der Waals surface area contributed by atoms with Crippen LogP contribution >= 0.6 is 34.2 Å². The van der Waals surface area contributed by atoms with Gasteiger partial charge in [0.05, 0.1) is 13.2 Å². The van der Waals surface area contributed by atoms with E-state index in [9.17, 15) is 13.6 Å². The maximum absolute atomic E-state index is 12.8. The van der Waals surface area contributed by atoms with Crippen LogP contribution in [0.2, 0.25) is 5.02 Å². The Hall–Kier alpha value is -0.0861. The molecule has 25 heavy (non-hydrogen) atoms. The van der Waals surface area contributed by atoms with Gasteiger partial charge in [-0.1, -0.05) is 22.9 Å². The first-order valence-corrected chi connectivity index (χ1v) is 8.40. The van der Waals surface area contributed by atoms with E-state index in [1.165, 1.54) is 6.07 Å². The molecule has 0 aliphatic heterocycles. The summed E-state index contributed by atoms with van der Waals surface area (Å²) in [7, 11) is 1.56. The first kappa shape index (κ1) is 23.0. The Morgan fingerprint density at radius 2 is 2.08 bits per heavy atom. The van der Waals surface area contributed by atoms with Crippen molar-refractivity contribution >= 4 is 34.2 Å². The predicted molar refractivity (Wildman–Crippen MR) is 96.1 cm³/mol. The van der Waals surface area contributed by atoms with Crippen molar-refractivity contribution in [3.63, 3.8) is 0 Å². The first-order valence-electron chi connectivity index (χ1n) is 6.95. The molecule has 1 aromatic heterocycles. The molecule has 0 unspecified atom stereocenters. The summed E-state index contributed by atoms with van der Waals surface area (Å²) in [6.07, 6.45) is -2.66. The molecule has 0 bridgehead atoms. The van der Waals surface area contributed by atoms with E-state index in [-0.39, 0.29) is 43.4 Å². The van der Waals surface area contributed by atoms with Crippen molar-refractivity contribution in [3.05, 3.63) is 49.3 Å². The molecule has 0 spiro atoms. The van der Waals surface area contributed by atoms with Crippen LogP contribution in [0.15, 0.2) is 29.1 Å². The van der Waals surface area contributed by atoms with Crippen LogP contribution in [0.25, 0.3) is 11.3 Å². The fourth-order valence-electron chi connectivity index (χ4n) is 2.06. The summed E-state index contributed by atoms with van der Waals surface area (Å²) in [5.74, 6) is 0.522. The molecule has 9 heteroatoms. The number of hydrogen-bond donors (Lipinski definition) is 0. The molecule has 4 nitrogen and oxygen atoms in total. The van der Waals surface area contributed by atoms with Gasteiger partial charge in [-0.25, -0.2) is 8.78 Å². The number of nitrogens with zero attached hydrogens (tertiary/aromatic N) is 1. The van der Waals surface area contributed by atoms with Gasteiger partial charge in [0, 0.05) is 39.8 Å². The number of pyridine rings is 1. The van der Waals surface area contributed by atoms with Gasteiger partial charge in [0.15, 0.2) is 0 Å². The Bertz CT molecular complexity index is 774. The van der Waals surface area contributed by atoms with Crippen LogP contribution < -0.4 is 10.3 Å². The largest absolute Gasteiger partial charge is 0.491 e. The maximum atomic E-state index is 12.8. The minimum absolute atomic E-state index is 0. The van der Waals surface area contributed by atoms with Crippen LogP contribution in [0.3, 0.4) is 0 Å². The third kappa shape index (κ3) is 6.24. The zero-order valence-electron chi connectivity index (χ0n) is 13.3. The Morgan fingerprint density at radius 3 is 2.68 bits per heavy atom. The summed E-state index contributed by atoms with van der Waals surface area (Å²) in [6, 6.07) is 9.15. The van der Waals surface area contributed by atoms with E-state index in [0.29, 0.717) is 28.1 Å². The van der Waals surface area contributed by atoms with Crippen molar-refractivity contribution in [1.82, 2.24) is 4.57 Å². The molecule has 2 rings (SSSR count). The molecule has 1 radical (unpaired) electrons. The molecule has 1 aromatic carbocycles. The third-order valence-electron chi connectivity index (χ3n) is 3.13. The molecule has 1 heterocycles. The second kappa shape index (κ2) is 10.9. The number of ether oxygens (including phenoxy) is 2. The summed E-state index contributed by atoms with van der Waals surface area (Å²) in [4.78, 5) is 12.2. The topological polar surface area (TPSA) is 40.5 Å². The third-order valence-corrected chi connectivity index (χ3v) is 4.21.